The third-order valence-electron chi connectivity index (χ3n) is 8.22. The summed E-state index contributed by atoms with van der Waals surface area (Å²) in [6.45, 7) is 5.40. The number of aromatic nitrogens is 4. The Balaban J connectivity index is 1.42. The molecular weight excluding hydrogens is 710 g/mol. The van der Waals surface area contributed by atoms with Gasteiger partial charge in [-0.25, -0.2) is 26.3 Å². The molecule has 17 heteroatoms. The number of ether oxygens (including phenoxy) is 4. The average Bonchev–Trinajstić information content (AvgIpc) is 3.52. The van der Waals surface area contributed by atoms with Crippen molar-refractivity contribution in [2.24, 2.45) is 13.0 Å². The second-order valence-electron chi connectivity index (χ2n) is 12.9. The standard InChI is InChI=1S/C34H39ClF2N6O7S/c1-34(2,3)50-33(44)42-14-13-26(21-7-10-24(35)11-8-21)23(18-42)20-49-30-16-28(37)31(17-27(30)36)51(45,46)43(32-38-40-41(4)39-32)19-22-9-12-25(47-5)15-29(22)48-6/h7-12,15-17,23,26H,13-14,18-20H2,1-6H3/t23-,26?/m0/s1. The van der Waals surface area contributed by atoms with Crippen LogP contribution in [-0.4, -0.2) is 79.1 Å². The van der Waals surface area contributed by atoms with Crippen LogP contribution in [0.5, 0.6) is 17.2 Å². The van der Waals surface area contributed by atoms with Crippen LogP contribution in [0.3, 0.4) is 0 Å². The minimum Gasteiger partial charge on any atom is -0.497 e. The first kappa shape index (κ1) is 37.6. The number of sulfonamides is 1. The molecule has 0 bridgehead atoms. The predicted molar refractivity (Wildman–Crippen MR) is 184 cm³/mol. The number of rotatable bonds is 11. The molecule has 4 aromatic rings. The van der Waals surface area contributed by atoms with Crippen molar-refractivity contribution in [3.63, 3.8) is 0 Å². The Hall–Kier alpha value is -4.70. The largest absolute Gasteiger partial charge is 0.497 e. The van der Waals surface area contributed by atoms with E-state index in [2.05, 4.69) is 15.4 Å². The molecule has 1 saturated heterocycles. The maximum atomic E-state index is 15.8. The summed E-state index contributed by atoms with van der Waals surface area (Å²) in [6, 6.07) is 13.2. The molecule has 2 atom stereocenters. The molecule has 1 unspecified atom stereocenters. The highest BCUT2D eigenvalue weighted by atomic mass is 35.5. The SMILES string of the molecule is COc1ccc(CN(c2nnn(C)n2)S(=O)(=O)c2cc(F)c(OC[C@@H]3CN(C(=O)OC(C)(C)C)CCC3c3ccc(Cl)cc3)cc2F)c(OC)c1. The van der Waals surface area contributed by atoms with Crippen LogP contribution in [0, 0.1) is 17.6 Å². The number of likely N-dealkylation sites (tertiary alicyclic amines) is 1. The number of nitrogens with zero attached hydrogens (tertiary/aromatic N) is 6. The third-order valence-corrected chi connectivity index (χ3v) is 10.2. The highest BCUT2D eigenvalue weighted by Crippen LogP contribution is 2.36. The van der Waals surface area contributed by atoms with Gasteiger partial charge >= 0.3 is 6.09 Å². The number of halogens is 3. The maximum Gasteiger partial charge on any atom is 0.410 e. The van der Waals surface area contributed by atoms with E-state index in [1.54, 1.807) is 56.0 Å². The van der Waals surface area contributed by atoms with Gasteiger partial charge in [0.15, 0.2) is 11.6 Å². The van der Waals surface area contributed by atoms with Gasteiger partial charge in [0.1, 0.15) is 27.8 Å². The summed E-state index contributed by atoms with van der Waals surface area (Å²) in [7, 11) is -0.550. The number of hydrogen-bond acceptors (Lipinski definition) is 10. The number of carbonyl (C=O) groups is 1. The van der Waals surface area contributed by atoms with Crippen molar-refractivity contribution in [2.45, 2.75) is 50.2 Å². The molecule has 2 heterocycles. The van der Waals surface area contributed by atoms with E-state index in [1.807, 2.05) is 12.1 Å². The van der Waals surface area contributed by atoms with Crippen LogP contribution in [0.1, 0.15) is 44.2 Å². The monoisotopic (exact) mass is 748 g/mol. The van der Waals surface area contributed by atoms with E-state index in [1.165, 1.54) is 21.3 Å². The highest BCUT2D eigenvalue weighted by Gasteiger charge is 2.36. The topological polar surface area (TPSA) is 138 Å². The summed E-state index contributed by atoms with van der Waals surface area (Å²) in [4.78, 5) is 14.6. The second-order valence-corrected chi connectivity index (χ2v) is 15.2. The van der Waals surface area contributed by atoms with Gasteiger partial charge in [-0.05, 0) is 68.2 Å². The van der Waals surface area contributed by atoms with Gasteiger partial charge < -0.3 is 23.8 Å². The minimum atomic E-state index is -4.84. The van der Waals surface area contributed by atoms with Crippen LogP contribution in [-0.2, 0) is 28.4 Å². The first-order chi connectivity index (χ1) is 24.1. The number of aryl methyl sites for hydroxylation is 1. The predicted octanol–water partition coefficient (Wildman–Crippen LogP) is 5.97. The summed E-state index contributed by atoms with van der Waals surface area (Å²) in [6.07, 6.45) is 0.0528. The Labute approximate surface area is 300 Å². The Morgan fingerprint density at radius 3 is 2.37 bits per heavy atom. The molecule has 1 aliphatic heterocycles. The third kappa shape index (κ3) is 8.79. The van der Waals surface area contributed by atoms with Gasteiger partial charge in [0.25, 0.3) is 16.0 Å². The smallest absolute Gasteiger partial charge is 0.410 e. The van der Waals surface area contributed by atoms with Gasteiger partial charge in [-0.2, -0.15) is 4.80 Å². The number of amides is 1. The molecular formula is C34H39ClF2N6O7S. The van der Waals surface area contributed by atoms with Crippen LogP contribution < -0.4 is 18.5 Å². The van der Waals surface area contributed by atoms with Gasteiger partial charge in [0, 0.05) is 47.8 Å². The fourth-order valence-corrected chi connectivity index (χ4v) is 7.27. The Morgan fingerprint density at radius 2 is 1.75 bits per heavy atom. The van der Waals surface area contributed by atoms with E-state index in [9.17, 15) is 13.2 Å². The molecule has 5 rings (SSSR count). The average molecular weight is 749 g/mol. The van der Waals surface area contributed by atoms with E-state index in [-0.39, 0.29) is 36.7 Å². The number of tetrazole rings is 1. The molecule has 0 aliphatic carbocycles. The molecule has 274 valence electrons. The van der Waals surface area contributed by atoms with E-state index in [4.69, 9.17) is 30.5 Å². The number of methoxy groups -OCH3 is 2. The van der Waals surface area contributed by atoms with Crippen molar-refractivity contribution >= 4 is 33.7 Å². The van der Waals surface area contributed by atoms with E-state index >= 15 is 8.78 Å². The fraction of sp³-hybridized carbons (Fsp3) is 0.412. The van der Waals surface area contributed by atoms with Crippen molar-refractivity contribution in [1.82, 2.24) is 25.1 Å². The minimum absolute atomic E-state index is 0.114. The lowest BCUT2D eigenvalue weighted by molar-refractivity contribution is 0.0110. The first-order valence-electron chi connectivity index (χ1n) is 15.9. The Kier molecular flexibility index (Phi) is 11.2. The fourth-order valence-electron chi connectivity index (χ4n) is 5.75. The molecule has 0 N–H and O–H groups in total. The van der Waals surface area contributed by atoms with Gasteiger partial charge in [0.05, 0.1) is 34.4 Å². The van der Waals surface area contributed by atoms with Crippen LogP contribution in [0.25, 0.3) is 0 Å². The highest BCUT2D eigenvalue weighted by molar-refractivity contribution is 7.92. The zero-order valence-corrected chi connectivity index (χ0v) is 30.5. The second kappa shape index (κ2) is 15.3. The Morgan fingerprint density at radius 1 is 1.02 bits per heavy atom. The lowest BCUT2D eigenvalue weighted by atomic mass is 9.81. The van der Waals surface area contributed by atoms with Gasteiger partial charge in [-0.3, -0.25) is 0 Å². The molecule has 1 amide bonds. The summed E-state index contributed by atoms with van der Waals surface area (Å²) in [5, 5.41) is 12.1. The number of anilines is 1. The van der Waals surface area contributed by atoms with Crippen molar-refractivity contribution < 1.29 is 40.9 Å². The van der Waals surface area contributed by atoms with Crippen molar-refractivity contribution in [3.05, 3.63) is 82.4 Å². The summed E-state index contributed by atoms with van der Waals surface area (Å²) in [5.41, 5.74) is 0.590. The lowest BCUT2D eigenvalue weighted by Gasteiger charge is -2.39. The zero-order chi connectivity index (χ0) is 37.1. The maximum absolute atomic E-state index is 15.8. The molecule has 0 saturated carbocycles. The molecule has 0 spiro atoms. The summed E-state index contributed by atoms with van der Waals surface area (Å²) >= 11 is 6.11. The molecule has 3 aromatic carbocycles. The van der Waals surface area contributed by atoms with Crippen molar-refractivity contribution in [3.8, 4) is 17.2 Å². The number of carbonyl (C=O) groups excluding carboxylic acids is 1. The van der Waals surface area contributed by atoms with Crippen molar-refractivity contribution in [2.75, 3.05) is 38.2 Å². The molecule has 1 fully saturated rings. The number of benzene rings is 3. The van der Waals surface area contributed by atoms with E-state index < -0.39 is 50.5 Å². The van der Waals surface area contributed by atoms with Gasteiger partial charge in [-0.1, -0.05) is 28.8 Å². The molecule has 13 nitrogen and oxygen atoms in total. The van der Waals surface area contributed by atoms with Crippen LogP contribution in [0.2, 0.25) is 5.02 Å². The lowest BCUT2D eigenvalue weighted by Crippen LogP contribution is -2.46. The van der Waals surface area contributed by atoms with Gasteiger partial charge in [0.2, 0.25) is 0 Å². The van der Waals surface area contributed by atoms with Crippen LogP contribution in [0.4, 0.5) is 19.5 Å². The van der Waals surface area contributed by atoms with Gasteiger partial charge in [-0.15, -0.1) is 5.10 Å². The Bertz CT molecular complexity index is 1970. The summed E-state index contributed by atoms with van der Waals surface area (Å²) < 4.78 is 82.3. The quantitative estimate of drug-likeness (QED) is 0.180. The number of piperidine rings is 1. The molecule has 1 aromatic heterocycles. The van der Waals surface area contributed by atoms with E-state index in [0.29, 0.717) is 45.7 Å². The molecule has 1 aliphatic rings. The van der Waals surface area contributed by atoms with E-state index in [0.717, 1.165) is 10.4 Å². The normalized spacial score (nSPS) is 16.5. The van der Waals surface area contributed by atoms with Crippen LogP contribution in [0.15, 0.2) is 59.5 Å². The first-order valence-corrected chi connectivity index (χ1v) is 17.7. The molecule has 0 radical (unpaired) electrons. The van der Waals surface area contributed by atoms with Crippen molar-refractivity contribution in [1.29, 1.82) is 0 Å². The molecule has 51 heavy (non-hydrogen) atoms. The van der Waals surface area contributed by atoms with Crippen LogP contribution >= 0.6 is 11.6 Å². The summed E-state index contributed by atoms with van der Waals surface area (Å²) in [5.74, 6) is -3.02. The number of hydrogen-bond donors (Lipinski definition) is 0. The zero-order valence-electron chi connectivity index (χ0n) is 29.0.